The third kappa shape index (κ3) is 2.28. The van der Waals surface area contributed by atoms with Gasteiger partial charge in [-0.2, -0.15) is 0 Å². The van der Waals surface area contributed by atoms with E-state index in [-0.39, 0.29) is 17.4 Å². The lowest BCUT2D eigenvalue weighted by Gasteiger charge is -2.55. The van der Waals surface area contributed by atoms with Crippen LogP contribution in [0.15, 0.2) is 43.0 Å². The summed E-state index contributed by atoms with van der Waals surface area (Å²) in [7, 11) is 1.46. The Morgan fingerprint density at radius 1 is 1.52 bits per heavy atom. The van der Waals surface area contributed by atoms with Gasteiger partial charge >= 0.3 is 5.97 Å². The Kier molecular flexibility index (Phi) is 3.83. The fourth-order valence-corrected chi connectivity index (χ4v) is 3.90. The maximum Gasteiger partial charge on any atom is 0.323 e. The van der Waals surface area contributed by atoms with E-state index in [1.165, 1.54) is 12.7 Å². The van der Waals surface area contributed by atoms with Crippen LogP contribution < -0.4 is 5.32 Å². The number of nitrogens with one attached hydrogen (secondary N) is 1. The fraction of sp³-hybridized carbons (Fsp3) is 0.471. The number of benzene rings is 1. The van der Waals surface area contributed by atoms with Gasteiger partial charge in [0.15, 0.2) is 0 Å². The predicted octanol–water partition coefficient (Wildman–Crippen LogP) is 1.58. The van der Waals surface area contributed by atoms with E-state index in [0.29, 0.717) is 6.04 Å². The van der Waals surface area contributed by atoms with Crippen molar-refractivity contribution in [1.29, 1.82) is 0 Å². The molecule has 4 heteroatoms. The smallest absolute Gasteiger partial charge is 0.323 e. The molecular weight excluding hydrogens is 264 g/mol. The van der Waals surface area contributed by atoms with Gasteiger partial charge in [-0.25, -0.2) is 0 Å². The number of esters is 1. The standard InChI is InChI=1S/C17H22N2O2/c1-3-9-17-12-19(11-13-7-5-4-6-8-13)14(17)10-18-15(17)16(20)21-2/h3-8,14-15,18H,1,9-12H2,2H3/t14?,15-,17?/m1/s1. The molecule has 2 unspecified atom stereocenters. The summed E-state index contributed by atoms with van der Waals surface area (Å²) < 4.78 is 4.96. The Labute approximate surface area is 125 Å². The predicted molar refractivity (Wildman–Crippen MR) is 81.7 cm³/mol. The summed E-state index contributed by atoms with van der Waals surface area (Å²) in [4.78, 5) is 14.5. The van der Waals surface area contributed by atoms with E-state index >= 15 is 0 Å². The van der Waals surface area contributed by atoms with Crippen LogP contribution in [0, 0.1) is 5.41 Å². The van der Waals surface area contributed by atoms with E-state index in [9.17, 15) is 4.79 Å². The van der Waals surface area contributed by atoms with Crippen LogP contribution in [0.4, 0.5) is 0 Å². The zero-order chi connectivity index (χ0) is 14.9. The van der Waals surface area contributed by atoms with Crippen LogP contribution in [0.5, 0.6) is 0 Å². The largest absolute Gasteiger partial charge is 0.468 e. The molecule has 2 aliphatic rings. The van der Waals surface area contributed by atoms with Crippen LogP contribution in [0.3, 0.4) is 0 Å². The molecule has 112 valence electrons. The highest BCUT2D eigenvalue weighted by molar-refractivity contribution is 5.78. The minimum absolute atomic E-state index is 0.0520. The van der Waals surface area contributed by atoms with E-state index in [1.54, 1.807) is 0 Å². The average molecular weight is 286 g/mol. The summed E-state index contributed by atoms with van der Waals surface area (Å²) in [6.07, 6.45) is 2.77. The summed E-state index contributed by atoms with van der Waals surface area (Å²) in [5.41, 5.74) is 1.26. The zero-order valence-corrected chi connectivity index (χ0v) is 12.4. The van der Waals surface area contributed by atoms with E-state index in [4.69, 9.17) is 4.74 Å². The van der Waals surface area contributed by atoms with Crippen LogP contribution >= 0.6 is 0 Å². The first kappa shape index (κ1) is 14.3. The molecule has 1 aromatic rings. The maximum atomic E-state index is 12.0. The van der Waals surface area contributed by atoms with Crippen LogP contribution in [0.1, 0.15) is 12.0 Å². The molecule has 2 fully saturated rings. The third-order valence-corrected chi connectivity index (χ3v) is 4.88. The molecule has 2 saturated heterocycles. The molecule has 1 N–H and O–H groups in total. The molecule has 3 atom stereocenters. The summed E-state index contributed by atoms with van der Waals surface area (Å²) in [5, 5.41) is 3.35. The minimum atomic E-state index is -0.211. The normalized spacial score (nSPS) is 31.3. The molecule has 2 aliphatic heterocycles. The first-order valence-electron chi connectivity index (χ1n) is 7.41. The molecule has 3 rings (SSSR count). The fourth-order valence-electron chi connectivity index (χ4n) is 3.90. The number of ether oxygens (including phenoxy) is 1. The molecule has 0 bridgehead atoms. The molecule has 0 amide bonds. The van der Waals surface area contributed by atoms with Crippen LogP contribution in [0.2, 0.25) is 0 Å². The first-order chi connectivity index (χ1) is 10.2. The van der Waals surface area contributed by atoms with E-state index in [0.717, 1.165) is 26.1 Å². The van der Waals surface area contributed by atoms with Crippen molar-refractivity contribution in [3.05, 3.63) is 48.6 Å². The molecule has 0 radical (unpaired) electrons. The van der Waals surface area contributed by atoms with E-state index in [1.807, 2.05) is 12.1 Å². The number of carbonyl (C=O) groups is 1. The summed E-state index contributed by atoms with van der Waals surface area (Å²) in [6.45, 7) is 6.54. The summed E-state index contributed by atoms with van der Waals surface area (Å²) in [6, 6.07) is 10.6. The van der Waals surface area contributed by atoms with Crippen molar-refractivity contribution in [3.8, 4) is 0 Å². The van der Waals surface area contributed by atoms with Gasteiger partial charge in [0, 0.05) is 31.1 Å². The highest BCUT2D eigenvalue weighted by atomic mass is 16.5. The zero-order valence-electron chi connectivity index (χ0n) is 12.4. The van der Waals surface area contributed by atoms with Crippen molar-refractivity contribution in [2.75, 3.05) is 20.2 Å². The van der Waals surface area contributed by atoms with Crippen molar-refractivity contribution in [2.24, 2.45) is 5.41 Å². The number of nitrogens with zero attached hydrogens (tertiary/aromatic N) is 1. The van der Waals surface area contributed by atoms with E-state index < -0.39 is 0 Å². The van der Waals surface area contributed by atoms with Gasteiger partial charge in [-0.3, -0.25) is 9.69 Å². The number of hydrogen-bond acceptors (Lipinski definition) is 4. The van der Waals surface area contributed by atoms with Crippen molar-refractivity contribution < 1.29 is 9.53 Å². The lowest BCUT2D eigenvalue weighted by atomic mass is 9.67. The van der Waals surface area contributed by atoms with Gasteiger partial charge < -0.3 is 10.1 Å². The first-order valence-corrected chi connectivity index (χ1v) is 7.41. The molecule has 0 aromatic heterocycles. The minimum Gasteiger partial charge on any atom is -0.468 e. The van der Waals surface area contributed by atoms with Crippen molar-refractivity contribution >= 4 is 5.97 Å². The number of hydrogen-bond donors (Lipinski definition) is 1. The van der Waals surface area contributed by atoms with Gasteiger partial charge in [0.1, 0.15) is 6.04 Å². The Balaban J connectivity index is 1.74. The monoisotopic (exact) mass is 286 g/mol. The SMILES string of the molecule is C=CCC12CN(Cc3ccccc3)C1CN[C@@H]2C(=O)OC. The number of likely N-dealkylation sites (tertiary alicyclic amines) is 1. The van der Waals surface area contributed by atoms with Crippen LogP contribution in [0.25, 0.3) is 0 Å². The summed E-state index contributed by atoms with van der Waals surface area (Å²) >= 11 is 0. The molecular formula is C17H22N2O2. The van der Waals surface area contributed by atoms with E-state index in [2.05, 4.69) is 41.1 Å². The van der Waals surface area contributed by atoms with Gasteiger partial charge in [0.05, 0.1) is 7.11 Å². The van der Waals surface area contributed by atoms with Gasteiger partial charge in [0.2, 0.25) is 0 Å². The second-order valence-electron chi connectivity index (χ2n) is 6.00. The molecule has 0 spiro atoms. The number of allylic oxidation sites excluding steroid dienone is 1. The van der Waals surface area contributed by atoms with Crippen molar-refractivity contribution in [2.45, 2.75) is 25.0 Å². The van der Waals surface area contributed by atoms with Crippen molar-refractivity contribution in [1.82, 2.24) is 10.2 Å². The summed E-state index contributed by atoms with van der Waals surface area (Å²) in [5.74, 6) is -0.154. The highest BCUT2D eigenvalue weighted by Gasteiger charge is 2.62. The molecule has 0 aliphatic carbocycles. The molecule has 21 heavy (non-hydrogen) atoms. The topological polar surface area (TPSA) is 41.6 Å². The lowest BCUT2D eigenvalue weighted by Crippen LogP contribution is -2.66. The average Bonchev–Trinajstić information content (AvgIpc) is 2.78. The third-order valence-electron chi connectivity index (χ3n) is 4.88. The van der Waals surface area contributed by atoms with Gasteiger partial charge in [-0.15, -0.1) is 6.58 Å². The molecule has 0 saturated carbocycles. The Hall–Kier alpha value is -1.65. The molecule has 1 aromatic carbocycles. The van der Waals surface area contributed by atoms with Crippen molar-refractivity contribution in [3.63, 3.8) is 0 Å². The molecule has 4 nitrogen and oxygen atoms in total. The number of fused-ring (bicyclic) bond motifs is 1. The number of methoxy groups -OCH3 is 1. The van der Waals surface area contributed by atoms with Gasteiger partial charge in [0.25, 0.3) is 0 Å². The lowest BCUT2D eigenvalue weighted by molar-refractivity contribution is -0.151. The van der Waals surface area contributed by atoms with Crippen LogP contribution in [-0.2, 0) is 16.1 Å². The Bertz CT molecular complexity index is 531. The Morgan fingerprint density at radius 2 is 2.29 bits per heavy atom. The van der Waals surface area contributed by atoms with Gasteiger partial charge in [-0.1, -0.05) is 36.4 Å². The second-order valence-corrected chi connectivity index (χ2v) is 6.00. The molecule has 2 heterocycles. The maximum absolute atomic E-state index is 12.0. The highest BCUT2D eigenvalue weighted by Crippen LogP contribution is 2.48. The number of rotatable bonds is 5. The van der Waals surface area contributed by atoms with Crippen LogP contribution in [-0.4, -0.2) is 43.2 Å². The Morgan fingerprint density at radius 3 is 2.95 bits per heavy atom. The second kappa shape index (κ2) is 5.62. The number of carbonyl (C=O) groups excluding carboxylic acids is 1. The van der Waals surface area contributed by atoms with Gasteiger partial charge in [-0.05, 0) is 12.0 Å². The quantitative estimate of drug-likeness (QED) is 0.659.